The number of amides is 1. The van der Waals surface area contributed by atoms with Crippen molar-refractivity contribution in [3.8, 4) is 0 Å². The van der Waals surface area contributed by atoms with Gasteiger partial charge in [-0.2, -0.15) is 0 Å². The molecule has 1 amide bonds. The maximum Gasteiger partial charge on any atom is 0.243 e. The quantitative estimate of drug-likeness (QED) is 0.683. The first-order chi connectivity index (χ1) is 5.20. The number of carbonyl (C=O) groups is 1. The number of carbonyl (C=O) groups excluding carboxylic acids is 1. The van der Waals surface area contributed by atoms with Gasteiger partial charge in [0.25, 0.3) is 0 Å². The van der Waals surface area contributed by atoms with Gasteiger partial charge < -0.3 is 11.1 Å². The summed E-state index contributed by atoms with van der Waals surface area (Å²) in [5.74, 6) is -0.196. The molecule has 4 heteroatoms. The Morgan fingerprint density at radius 3 is 2.00 bits per heavy atom. The van der Waals surface area contributed by atoms with Crippen LogP contribution >= 0.6 is 12.4 Å². The molecule has 0 spiro atoms. The van der Waals surface area contributed by atoms with E-state index in [0.717, 1.165) is 0 Å². The summed E-state index contributed by atoms with van der Waals surface area (Å²) in [4.78, 5) is 11.0. The third-order valence-electron chi connectivity index (χ3n) is 2.23. The molecule has 0 aromatic carbocycles. The molecular formula is C9H19ClN2O. The van der Waals surface area contributed by atoms with E-state index >= 15 is 0 Å². The van der Waals surface area contributed by atoms with E-state index in [1.165, 1.54) is 6.08 Å². The van der Waals surface area contributed by atoms with Crippen LogP contribution in [0.15, 0.2) is 12.7 Å². The van der Waals surface area contributed by atoms with E-state index in [1.807, 2.05) is 27.7 Å². The Kier molecular flexibility index (Phi) is 5.32. The number of halogens is 1. The van der Waals surface area contributed by atoms with Crippen molar-refractivity contribution in [2.24, 2.45) is 5.73 Å². The number of rotatable bonds is 3. The summed E-state index contributed by atoms with van der Waals surface area (Å²) in [5.41, 5.74) is 4.98. The summed E-state index contributed by atoms with van der Waals surface area (Å²) in [6, 6.07) is 0. The fourth-order valence-corrected chi connectivity index (χ4v) is 0.520. The monoisotopic (exact) mass is 206 g/mol. The highest BCUT2D eigenvalue weighted by molar-refractivity contribution is 5.87. The Labute approximate surface area is 86.2 Å². The molecule has 0 saturated heterocycles. The second-order valence-electron chi connectivity index (χ2n) is 4.04. The fourth-order valence-electron chi connectivity index (χ4n) is 0.520. The summed E-state index contributed by atoms with van der Waals surface area (Å²) < 4.78 is 0. The number of hydrogen-bond acceptors (Lipinski definition) is 2. The summed E-state index contributed by atoms with van der Waals surface area (Å²) in [7, 11) is 0. The van der Waals surface area contributed by atoms with Crippen LogP contribution in [0.25, 0.3) is 0 Å². The molecule has 0 saturated carbocycles. The van der Waals surface area contributed by atoms with E-state index < -0.39 is 11.1 Å². The molecule has 0 aromatic rings. The molecule has 0 aliphatic carbocycles. The van der Waals surface area contributed by atoms with E-state index in [1.54, 1.807) is 0 Å². The molecule has 0 rings (SSSR count). The summed E-state index contributed by atoms with van der Waals surface area (Å²) >= 11 is 0. The lowest BCUT2D eigenvalue weighted by molar-refractivity contribution is -0.118. The van der Waals surface area contributed by atoms with Gasteiger partial charge in [-0.1, -0.05) is 6.58 Å². The van der Waals surface area contributed by atoms with Crippen LogP contribution in [0.3, 0.4) is 0 Å². The first kappa shape index (κ1) is 15.0. The minimum atomic E-state index is -0.453. The Hall–Kier alpha value is -0.540. The van der Waals surface area contributed by atoms with Crippen molar-refractivity contribution in [2.45, 2.75) is 38.8 Å². The minimum Gasteiger partial charge on any atom is -0.346 e. The molecule has 0 radical (unpaired) electrons. The van der Waals surface area contributed by atoms with Gasteiger partial charge in [-0.25, -0.2) is 0 Å². The maximum absolute atomic E-state index is 11.0. The molecule has 3 nitrogen and oxygen atoms in total. The Balaban J connectivity index is 0. The molecule has 78 valence electrons. The predicted octanol–water partition coefficient (Wildman–Crippen LogP) is 1.23. The number of nitrogens with one attached hydrogen (secondary N) is 1. The smallest absolute Gasteiger partial charge is 0.243 e. The lowest BCUT2D eigenvalue weighted by atomic mass is 9.83. The average molecular weight is 207 g/mol. The van der Waals surface area contributed by atoms with E-state index in [0.29, 0.717) is 0 Å². The first-order valence-electron chi connectivity index (χ1n) is 3.94. The molecule has 0 aromatic heterocycles. The Bertz CT molecular complexity index is 194. The molecule has 0 aliphatic heterocycles. The topological polar surface area (TPSA) is 55.1 Å². The first-order valence-corrected chi connectivity index (χ1v) is 3.94. The second-order valence-corrected chi connectivity index (χ2v) is 4.04. The van der Waals surface area contributed by atoms with Crippen LogP contribution in [0, 0.1) is 0 Å². The van der Waals surface area contributed by atoms with E-state index in [2.05, 4.69) is 11.9 Å². The summed E-state index contributed by atoms with van der Waals surface area (Å²) in [6.45, 7) is 10.9. The summed E-state index contributed by atoms with van der Waals surface area (Å²) in [6.07, 6.45) is 1.24. The third-order valence-corrected chi connectivity index (χ3v) is 2.23. The highest BCUT2D eigenvalue weighted by atomic mass is 35.5. The van der Waals surface area contributed by atoms with Crippen LogP contribution in [0.1, 0.15) is 27.7 Å². The zero-order chi connectivity index (χ0) is 9.99. The van der Waals surface area contributed by atoms with Gasteiger partial charge in [-0.3, -0.25) is 4.79 Å². The molecule has 0 unspecified atom stereocenters. The van der Waals surface area contributed by atoms with Gasteiger partial charge >= 0.3 is 0 Å². The average Bonchev–Trinajstić information content (AvgIpc) is 1.84. The van der Waals surface area contributed by atoms with Gasteiger partial charge in [0.15, 0.2) is 0 Å². The SMILES string of the molecule is C=CC(=O)NC(C)(C)C(C)(C)N.Cl. The van der Waals surface area contributed by atoms with Crippen molar-refractivity contribution in [3.63, 3.8) is 0 Å². The van der Waals surface area contributed by atoms with E-state index in [-0.39, 0.29) is 18.3 Å². The molecule has 0 aliphatic rings. The molecule has 0 fully saturated rings. The van der Waals surface area contributed by atoms with Gasteiger partial charge in [0.2, 0.25) is 5.91 Å². The zero-order valence-electron chi connectivity index (χ0n) is 8.68. The van der Waals surface area contributed by atoms with Crippen LogP contribution < -0.4 is 11.1 Å². The summed E-state index contributed by atoms with van der Waals surface area (Å²) in [5, 5.41) is 2.76. The van der Waals surface area contributed by atoms with Crippen LogP contribution in [-0.2, 0) is 4.79 Å². The van der Waals surface area contributed by atoms with Crippen molar-refractivity contribution in [2.75, 3.05) is 0 Å². The predicted molar refractivity (Wildman–Crippen MR) is 57.9 cm³/mol. The van der Waals surface area contributed by atoms with Gasteiger partial charge in [-0.15, -0.1) is 12.4 Å². The normalized spacial score (nSPS) is 11.5. The largest absolute Gasteiger partial charge is 0.346 e. The third kappa shape index (κ3) is 4.29. The fraction of sp³-hybridized carbons (Fsp3) is 0.667. The molecule has 0 atom stereocenters. The Morgan fingerprint density at radius 1 is 1.38 bits per heavy atom. The highest BCUT2D eigenvalue weighted by Gasteiger charge is 2.33. The standard InChI is InChI=1S/C9H18N2O.ClH/c1-6-7(12)11-9(4,5)8(2,3)10;/h6H,1,10H2,2-5H3,(H,11,12);1H. The molecule has 13 heavy (non-hydrogen) atoms. The van der Waals surface area contributed by atoms with Crippen LogP contribution in [0.2, 0.25) is 0 Å². The molecular weight excluding hydrogens is 188 g/mol. The molecule has 0 bridgehead atoms. The van der Waals surface area contributed by atoms with Crippen molar-refractivity contribution in [1.29, 1.82) is 0 Å². The van der Waals surface area contributed by atoms with Crippen molar-refractivity contribution in [3.05, 3.63) is 12.7 Å². The van der Waals surface area contributed by atoms with Gasteiger partial charge in [0.05, 0.1) is 5.54 Å². The van der Waals surface area contributed by atoms with Crippen molar-refractivity contribution >= 4 is 18.3 Å². The van der Waals surface area contributed by atoms with Gasteiger partial charge in [-0.05, 0) is 33.8 Å². The van der Waals surface area contributed by atoms with Crippen LogP contribution in [0.5, 0.6) is 0 Å². The second kappa shape index (κ2) is 4.63. The maximum atomic E-state index is 11.0. The highest BCUT2D eigenvalue weighted by Crippen LogP contribution is 2.17. The van der Waals surface area contributed by atoms with E-state index in [9.17, 15) is 4.79 Å². The molecule has 3 N–H and O–H groups in total. The van der Waals surface area contributed by atoms with E-state index in [4.69, 9.17) is 5.73 Å². The van der Waals surface area contributed by atoms with Crippen LogP contribution in [-0.4, -0.2) is 17.0 Å². The lowest BCUT2D eigenvalue weighted by Gasteiger charge is -2.38. The van der Waals surface area contributed by atoms with Gasteiger partial charge in [0.1, 0.15) is 0 Å². The minimum absolute atomic E-state index is 0. The van der Waals surface area contributed by atoms with Crippen molar-refractivity contribution < 1.29 is 4.79 Å². The van der Waals surface area contributed by atoms with Crippen molar-refractivity contribution in [1.82, 2.24) is 5.32 Å². The lowest BCUT2D eigenvalue weighted by Crippen LogP contribution is -2.62. The number of nitrogens with two attached hydrogens (primary N) is 1. The molecule has 0 heterocycles. The zero-order valence-corrected chi connectivity index (χ0v) is 9.49. The Morgan fingerprint density at radius 2 is 1.77 bits per heavy atom. The van der Waals surface area contributed by atoms with Crippen LogP contribution in [0.4, 0.5) is 0 Å². The van der Waals surface area contributed by atoms with Gasteiger partial charge in [0, 0.05) is 5.54 Å². The number of hydrogen-bond donors (Lipinski definition) is 2.